The number of fused-ring (bicyclic) bond motifs is 4. The Kier molecular flexibility index (Phi) is 9.10. The predicted octanol–water partition coefficient (Wildman–Crippen LogP) is 9.75. The van der Waals surface area contributed by atoms with Crippen LogP contribution in [0.15, 0.2) is 184 Å². The average Bonchev–Trinajstić information content (AvgIpc) is 3.57. The molecule has 0 fully saturated rings. The highest BCUT2D eigenvalue weighted by Gasteiger charge is 2.18. The summed E-state index contributed by atoms with van der Waals surface area (Å²) in [5, 5.41) is 6.45. The van der Waals surface area contributed by atoms with Gasteiger partial charge in [-0.2, -0.15) is 0 Å². The lowest BCUT2D eigenvalue weighted by molar-refractivity contribution is 0.669. The molecule has 7 aromatic carbocycles. The van der Waals surface area contributed by atoms with Crippen molar-refractivity contribution in [1.82, 2.24) is 0 Å². The molecule has 250 valence electrons. The Morgan fingerprint density at radius 2 is 1.40 bits per heavy atom. The van der Waals surface area contributed by atoms with Crippen LogP contribution in [0.4, 0.5) is 0 Å². The van der Waals surface area contributed by atoms with Gasteiger partial charge in [-0.1, -0.05) is 164 Å². The molecule has 4 heteroatoms. The highest BCUT2D eigenvalue weighted by molar-refractivity contribution is 6.21. The van der Waals surface area contributed by atoms with Gasteiger partial charge in [0, 0.05) is 21.9 Å². The summed E-state index contributed by atoms with van der Waals surface area (Å²) in [6, 6.07) is 53.9. The average molecular weight is 672 g/mol. The lowest BCUT2D eigenvalue weighted by atomic mass is 9.97. The second-order valence-electron chi connectivity index (χ2n) is 12.8. The molecular formula is C48H37N3O. The highest BCUT2D eigenvalue weighted by Crippen LogP contribution is 2.34. The van der Waals surface area contributed by atoms with Crippen LogP contribution in [0, 0.1) is 0 Å². The van der Waals surface area contributed by atoms with E-state index >= 15 is 0 Å². The van der Waals surface area contributed by atoms with Crippen LogP contribution in [0.25, 0.3) is 56.5 Å². The van der Waals surface area contributed by atoms with E-state index in [-0.39, 0.29) is 0 Å². The van der Waals surface area contributed by atoms with Gasteiger partial charge in [-0.25, -0.2) is 4.99 Å². The lowest BCUT2D eigenvalue weighted by Gasteiger charge is -2.12. The SMILES string of the molecule is C=c1cccc/c1=C/C=C\Cc1ccc2oc3ccccc3c2c1/C(N)=N/C(=N\Cc1ccccc1)c1ccc(-c2ccc3ccccc3c2)cc1. The van der Waals surface area contributed by atoms with E-state index in [4.69, 9.17) is 20.1 Å². The van der Waals surface area contributed by atoms with Gasteiger partial charge >= 0.3 is 0 Å². The fourth-order valence-electron chi connectivity index (χ4n) is 6.68. The number of aliphatic imine (C=N–C) groups is 2. The molecule has 1 heterocycles. The first-order chi connectivity index (χ1) is 25.6. The molecule has 0 spiro atoms. The maximum atomic E-state index is 7.10. The number of furan rings is 1. The fourth-order valence-corrected chi connectivity index (χ4v) is 6.68. The van der Waals surface area contributed by atoms with Crippen LogP contribution in [0.1, 0.15) is 22.3 Å². The Morgan fingerprint density at radius 1 is 0.673 bits per heavy atom. The van der Waals surface area contributed by atoms with Gasteiger partial charge in [0.2, 0.25) is 0 Å². The predicted molar refractivity (Wildman–Crippen MR) is 219 cm³/mol. The molecule has 8 aromatic rings. The molecule has 1 aromatic heterocycles. The second-order valence-corrected chi connectivity index (χ2v) is 12.8. The van der Waals surface area contributed by atoms with Crippen molar-refractivity contribution >= 4 is 57.0 Å². The number of hydrogen-bond donors (Lipinski definition) is 1. The molecule has 2 N–H and O–H groups in total. The zero-order valence-electron chi connectivity index (χ0n) is 28.7. The van der Waals surface area contributed by atoms with Crippen LogP contribution in [0.3, 0.4) is 0 Å². The third-order valence-corrected chi connectivity index (χ3v) is 9.40. The molecule has 0 aliphatic heterocycles. The summed E-state index contributed by atoms with van der Waals surface area (Å²) in [4.78, 5) is 10.2. The molecule has 0 unspecified atom stereocenters. The summed E-state index contributed by atoms with van der Waals surface area (Å²) in [5.41, 5.74) is 14.8. The molecule has 0 radical (unpaired) electrons. The Morgan fingerprint density at radius 3 is 2.25 bits per heavy atom. The monoisotopic (exact) mass is 671 g/mol. The van der Waals surface area contributed by atoms with Gasteiger partial charge in [0.25, 0.3) is 0 Å². The number of nitrogens with two attached hydrogens (primary N) is 1. The molecule has 4 nitrogen and oxygen atoms in total. The number of rotatable bonds is 8. The first kappa shape index (κ1) is 32.4. The lowest BCUT2D eigenvalue weighted by Crippen LogP contribution is -2.21. The summed E-state index contributed by atoms with van der Waals surface area (Å²) in [6.07, 6.45) is 6.94. The van der Waals surface area contributed by atoms with Crippen LogP contribution in [0.5, 0.6) is 0 Å². The smallest absolute Gasteiger partial charge is 0.157 e. The van der Waals surface area contributed by atoms with Crippen molar-refractivity contribution in [3.8, 4) is 11.1 Å². The van der Waals surface area contributed by atoms with Crippen LogP contribution in [-0.2, 0) is 13.0 Å². The van der Waals surface area contributed by atoms with E-state index in [2.05, 4.69) is 122 Å². The minimum Gasteiger partial charge on any atom is -0.456 e. The molecule has 0 aliphatic carbocycles. The summed E-state index contributed by atoms with van der Waals surface area (Å²) in [7, 11) is 0. The van der Waals surface area contributed by atoms with Crippen LogP contribution in [-0.4, -0.2) is 11.7 Å². The van der Waals surface area contributed by atoms with Crippen molar-refractivity contribution in [2.75, 3.05) is 0 Å². The van der Waals surface area contributed by atoms with Gasteiger partial charge in [0.1, 0.15) is 17.0 Å². The number of nitrogens with zero attached hydrogens (tertiary/aromatic N) is 2. The highest BCUT2D eigenvalue weighted by atomic mass is 16.3. The van der Waals surface area contributed by atoms with E-state index in [1.807, 2.05) is 60.7 Å². The Labute approximate surface area is 302 Å². The van der Waals surface area contributed by atoms with Gasteiger partial charge < -0.3 is 10.2 Å². The van der Waals surface area contributed by atoms with Crippen molar-refractivity contribution in [3.63, 3.8) is 0 Å². The molecule has 0 atom stereocenters. The van der Waals surface area contributed by atoms with Gasteiger partial charge in [0.05, 0.1) is 6.54 Å². The third kappa shape index (κ3) is 6.83. The minimum absolute atomic E-state index is 0.387. The quantitative estimate of drug-likeness (QED) is 0.129. The first-order valence-corrected chi connectivity index (χ1v) is 17.5. The summed E-state index contributed by atoms with van der Waals surface area (Å²) in [6.45, 7) is 4.62. The molecule has 0 amide bonds. The normalized spacial score (nSPS) is 12.8. The van der Waals surface area contributed by atoms with Crippen LogP contribution in [0.2, 0.25) is 0 Å². The van der Waals surface area contributed by atoms with E-state index in [9.17, 15) is 0 Å². The number of para-hydroxylation sites is 1. The first-order valence-electron chi connectivity index (χ1n) is 17.5. The van der Waals surface area contributed by atoms with Crippen molar-refractivity contribution < 1.29 is 4.42 Å². The number of amidine groups is 2. The van der Waals surface area contributed by atoms with Crippen molar-refractivity contribution in [2.24, 2.45) is 15.7 Å². The standard InChI is InChI=1S/C48H37N3O/c1-33-13-5-6-16-35(33)17-7-9-19-38-29-30-44-46(42-21-11-12-22-43(42)52-44)45(38)47(49)51-48(50-32-34-14-3-2-4-15-34)39-26-23-37(24-27-39)41-28-25-36-18-8-10-20-40(36)31-41/h2-18,20-31H,1,19,32H2,(H2,49,50,51)/b9-7-,35-17-. The molecule has 0 saturated heterocycles. The summed E-state index contributed by atoms with van der Waals surface area (Å²) >= 11 is 0. The number of benzene rings is 7. The zero-order valence-corrected chi connectivity index (χ0v) is 28.7. The van der Waals surface area contributed by atoms with Crippen molar-refractivity contribution in [2.45, 2.75) is 13.0 Å². The topological polar surface area (TPSA) is 63.9 Å². The van der Waals surface area contributed by atoms with Crippen LogP contribution < -0.4 is 16.2 Å². The number of allylic oxidation sites excluding steroid dienone is 2. The Balaban J connectivity index is 1.22. The van der Waals surface area contributed by atoms with Gasteiger partial charge in [0.15, 0.2) is 5.84 Å². The van der Waals surface area contributed by atoms with Crippen molar-refractivity contribution in [3.05, 3.63) is 203 Å². The third-order valence-electron chi connectivity index (χ3n) is 9.40. The van der Waals surface area contributed by atoms with E-state index in [0.717, 1.165) is 65.8 Å². The zero-order chi connectivity index (χ0) is 35.3. The Hall–Kier alpha value is -6.78. The van der Waals surface area contributed by atoms with Gasteiger partial charge in [-0.3, -0.25) is 4.99 Å². The molecule has 52 heavy (non-hydrogen) atoms. The Bertz CT molecular complexity index is 2750. The van der Waals surface area contributed by atoms with Crippen molar-refractivity contribution in [1.29, 1.82) is 0 Å². The van der Waals surface area contributed by atoms with E-state index in [0.29, 0.717) is 24.6 Å². The number of hydrogen-bond acceptors (Lipinski definition) is 2. The van der Waals surface area contributed by atoms with E-state index in [1.54, 1.807) is 0 Å². The summed E-state index contributed by atoms with van der Waals surface area (Å²) < 4.78 is 6.30. The van der Waals surface area contributed by atoms with Gasteiger partial charge in [-0.15, -0.1) is 0 Å². The molecule has 0 saturated carbocycles. The van der Waals surface area contributed by atoms with E-state index in [1.165, 1.54) is 10.8 Å². The maximum absolute atomic E-state index is 7.10. The minimum atomic E-state index is 0.387. The fraction of sp³-hybridized carbons (Fsp3) is 0.0417. The van der Waals surface area contributed by atoms with E-state index < -0.39 is 0 Å². The molecule has 8 rings (SSSR count). The second kappa shape index (κ2) is 14.6. The largest absolute Gasteiger partial charge is 0.456 e. The van der Waals surface area contributed by atoms with Crippen LogP contribution >= 0.6 is 0 Å². The maximum Gasteiger partial charge on any atom is 0.157 e. The molecular weight excluding hydrogens is 635 g/mol. The molecule has 0 aliphatic rings. The van der Waals surface area contributed by atoms with Gasteiger partial charge in [-0.05, 0) is 68.1 Å². The summed E-state index contributed by atoms with van der Waals surface area (Å²) in [5.74, 6) is 0.955. The molecule has 0 bridgehead atoms.